The average Bonchev–Trinajstić information content (AvgIpc) is 2.93. The Morgan fingerprint density at radius 1 is 0.795 bits per heavy atom. The predicted octanol–water partition coefficient (Wildman–Crippen LogP) is 9.90. The van der Waals surface area contributed by atoms with E-state index in [1.165, 1.54) is 6.07 Å². The second-order valence-corrected chi connectivity index (χ2v) is 9.45. The molecule has 0 N–H and O–H groups in total. The normalized spacial score (nSPS) is 15.1. The van der Waals surface area contributed by atoms with Crippen molar-refractivity contribution in [3.05, 3.63) is 118 Å². The van der Waals surface area contributed by atoms with Gasteiger partial charge in [-0.2, -0.15) is 8.78 Å². The summed E-state index contributed by atoms with van der Waals surface area (Å²) in [6.07, 6.45) is -2.77. The molecular weight excluding hydrogens is 606 g/mol. The Morgan fingerprint density at radius 3 is 2.00 bits per heavy atom. The number of alkyl halides is 2. The van der Waals surface area contributed by atoms with Gasteiger partial charge in [-0.25, -0.2) is 35.1 Å². The van der Waals surface area contributed by atoms with Gasteiger partial charge in [-0.05, 0) is 42.3 Å². The molecule has 230 valence electrons. The lowest BCUT2D eigenvalue weighted by Gasteiger charge is -2.20. The van der Waals surface area contributed by atoms with Crippen LogP contribution in [-0.4, -0.2) is 6.61 Å². The van der Waals surface area contributed by atoms with E-state index < -0.39 is 86.6 Å². The molecule has 0 saturated carbocycles. The number of unbranched alkanes of at least 4 members (excludes halogenated alkanes) is 1. The second kappa shape index (κ2) is 12.9. The first-order valence-corrected chi connectivity index (χ1v) is 12.8. The van der Waals surface area contributed by atoms with Gasteiger partial charge in [-0.3, -0.25) is 0 Å². The van der Waals surface area contributed by atoms with E-state index in [4.69, 9.17) is 4.74 Å². The zero-order valence-electron chi connectivity index (χ0n) is 22.6. The van der Waals surface area contributed by atoms with Crippen LogP contribution in [0.5, 0.6) is 11.5 Å². The van der Waals surface area contributed by atoms with Crippen molar-refractivity contribution in [3.8, 4) is 34.5 Å². The van der Waals surface area contributed by atoms with E-state index in [2.05, 4.69) is 17.2 Å². The van der Waals surface area contributed by atoms with Crippen molar-refractivity contribution in [1.29, 1.82) is 0 Å². The fourth-order valence-electron chi connectivity index (χ4n) is 4.07. The molecule has 1 atom stereocenters. The molecule has 0 bridgehead atoms. The highest BCUT2D eigenvalue weighted by Crippen LogP contribution is 2.39. The van der Waals surface area contributed by atoms with E-state index in [9.17, 15) is 43.9 Å². The maximum Gasteiger partial charge on any atom is 0.432 e. The highest BCUT2D eigenvalue weighted by molar-refractivity contribution is 5.66. The molecule has 3 aromatic rings. The fraction of sp³-hybridized carbons (Fsp3) is 0.188. The van der Waals surface area contributed by atoms with Crippen LogP contribution in [0.3, 0.4) is 0 Å². The Kier molecular flexibility index (Phi) is 9.47. The van der Waals surface area contributed by atoms with E-state index >= 15 is 0 Å². The molecule has 44 heavy (non-hydrogen) atoms. The van der Waals surface area contributed by atoms with E-state index in [0.717, 1.165) is 18.6 Å². The van der Waals surface area contributed by atoms with E-state index in [-0.39, 0.29) is 23.4 Å². The molecule has 1 aliphatic carbocycles. The minimum atomic E-state index is -4.82. The lowest BCUT2D eigenvalue weighted by Crippen LogP contribution is -2.25. The summed E-state index contributed by atoms with van der Waals surface area (Å²) < 4.78 is 153. The van der Waals surface area contributed by atoms with Gasteiger partial charge < -0.3 is 9.47 Å². The number of rotatable bonds is 8. The third kappa shape index (κ3) is 6.77. The molecule has 3 aromatic carbocycles. The Bertz CT molecular complexity index is 1700. The van der Waals surface area contributed by atoms with Crippen LogP contribution >= 0.6 is 0 Å². The molecule has 1 unspecified atom stereocenters. The largest absolute Gasteiger partial charge is 0.493 e. The van der Waals surface area contributed by atoms with Gasteiger partial charge in [-0.15, -0.1) is 0 Å². The van der Waals surface area contributed by atoms with E-state index in [1.807, 2.05) is 12.8 Å². The van der Waals surface area contributed by atoms with E-state index in [0.29, 0.717) is 31.2 Å². The maximum atomic E-state index is 14.9. The number of halogens is 10. The highest BCUT2D eigenvalue weighted by atomic mass is 19.3. The number of hydrogen-bond donors (Lipinski definition) is 0. The molecule has 0 heterocycles. The van der Waals surface area contributed by atoms with Crippen LogP contribution < -0.4 is 9.47 Å². The quantitative estimate of drug-likeness (QED) is 0.141. The molecule has 4 rings (SSSR count). The SMILES string of the molecule is C=C1C(F)=C(F)C(F)=CC1C#Cc1c(F)cc(OC(F)(F)c2c(F)cc(-c3ccc(OCCCC)cc3F)cc2F)cc1F. The molecule has 0 amide bonds. The smallest absolute Gasteiger partial charge is 0.432 e. The Morgan fingerprint density at radius 2 is 1.41 bits per heavy atom. The average molecular weight is 626 g/mol. The molecule has 1 aliphatic rings. The lowest BCUT2D eigenvalue weighted by atomic mass is 9.94. The minimum absolute atomic E-state index is 0.153. The molecule has 12 heteroatoms. The van der Waals surface area contributed by atoms with Gasteiger partial charge >= 0.3 is 6.11 Å². The first kappa shape index (κ1) is 32.3. The summed E-state index contributed by atoms with van der Waals surface area (Å²) >= 11 is 0. The minimum Gasteiger partial charge on any atom is -0.493 e. The molecule has 0 aromatic heterocycles. The second-order valence-electron chi connectivity index (χ2n) is 9.45. The van der Waals surface area contributed by atoms with Crippen molar-refractivity contribution >= 4 is 0 Å². The van der Waals surface area contributed by atoms with Crippen molar-refractivity contribution < 1.29 is 53.4 Å². The van der Waals surface area contributed by atoms with Crippen molar-refractivity contribution in [1.82, 2.24) is 0 Å². The zero-order chi connectivity index (χ0) is 32.3. The topological polar surface area (TPSA) is 18.5 Å². The van der Waals surface area contributed by atoms with E-state index in [1.54, 1.807) is 0 Å². The maximum absolute atomic E-state index is 14.9. The Hall–Kier alpha value is -4.66. The number of ether oxygens (including phenoxy) is 2. The van der Waals surface area contributed by atoms with Gasteiger partial charge in [0.25, 0.3) is 0 Å². The summed E-state index contributed by atoms with van der Waals surface area (Å²) in [5, 5.41) is 0. The molecule has 0 aliphatic heterocycles. The Labute approximate surface area is 244 Å². The molecule has 0 fully saturated rings. The summed E-state index contributed by atoms with van der Waals surface area (Å²) in [5.74, 6) is -11.4. The van der Waals surface area contributed by atoms with Gasteiger partial charge in [0, 0.05) is 29.3 Å². The van der Waals surface area contributed by atoms with Crippen molar-refractivity contribution in [2.24, 2.45) is 5.92 Å². The number of allylic oxidation sites excluding steroid dienone is 5. The van der Waals surface area contributed by atoms with Crippen molar-refractivity contribution in [2.75, 3.05) is 6.61 Å². The first-order chi connectivity index (χ1) is 20.7. The summed E-state index contributed by atoms with van der Waals surface area (Å²) in [4.78, 5) is 0. The summed E-state index contributed by atoms with van der Waals surface area (Å²) in [7, 11) is 0. The third-order valence-electron chi connectivity index (χ3n) is 6.34. The zero-order valence-corrected chi connectivity index (χ0v) is 22.6. The van der Waals surface area contributed by atoms with Crippen LogP contribution in [0.2, 0.25) is 0 Å². The lowest BCUT2D eigenvalue weighted by molar-refractivity contribution is -0.189. The van der Waals surface area contributed by atoms with Gasteiger partial charge in [0.15, 0.2) is 17.5 Å². The third-order valence-corrected chi connectivity index (χ3v) is 6.34. The fourth-order valence-corrected chi connectivity index (χ4v) is 4.07. The van der Waals surface area contributed by atoms with Gasteiger partial charge in [0.2, 0.25) is 0 Å². The molecule has 0 saturated heterocycles. The summed E-state index contributed by atoms with van der Waals surface area (Å²) in [5.41, 5.74) is -4.32. The van der Waals surface area contributed by atoms with Crippen molar-refractivity contribution in [2.45, 2.75) is 25.9 Å². The van der Waals surface area contributed by atoms with Crippen molar-refractivity contribution in [3.63, 3.8) is 0 Å². The van der Waals surface area contributed by atoms with Crippen LogP contribution in [0.1, 0.15) is 30.9 Å². The van der Waals surface area contributed by atoms with Crippen LogP contribution in [0, 0.1) is 46.8 Å². The molecule has 0 radical (unpaired) electrons. The summed E-state index contributed by atoms with van der Waals surface area (Å²) in [6.45, 7) is 5.43. The van der Waals surface area contributed by atoms with Gasteiger partial charge in [0.1, 0.15) is 46.1 Å². The first-order valence-electron chi connectivity index (χ1n) is 12.8. The van der Waals surface area contributed by atoms with Crippen LogP contribution in [0.4, 0.5) is 43.9 Å². The molecular formula is C32H20F10O2. The number of benzene rings is 3. The molecule has 2 nitrogen and oxygen atoms in total. The predicted molar refractivity (Wildman–Crippen MR) is 141 cm³/mol. The van der Waals surface area contributed by atoms with Crippen LogP contribution in [0.15, 0.2) is 78.2 Å². The van der Waals surface area contributed by atoms with Gasteiger partial charge in [0.05, 0.1) is 18.1 Å². The summed E-state index contributed by atoms with van der Waals surface area (Å²) in [6, 6.07) is 4.80. The monoisotopic (exact) mass is 626 g/mol. The molecule has 0 spiro atoms. The Balaban J connectivity index is 1.57. The van der Waals surface area contributed by atoms with Gasteiger partial charge in [-0.1, -0.05) is 31.8 Å². The standard InChI is InChI=1S/C32H20F10O2/c1-3-4-9-43-19-6-8-21(23(33)13-19)18-11-26(36)29(27(37)12-18)32(41,42)44-20-14-24(34)22(25(35)15-20)7-5-17-10-28(38)31(40)30(39)16(17)2/h6,8,10-15,17H,2-4,9H2,1H3. The highest BCUT2D eigenvalue weighted by Gasteiger charge is 2.41. The van der Waals surface area contributed by atoms with Crippen LogP contribution in [0.25, 0.3) is 11.1 Å². The van der Waals surface area contributed by atoms with Crippen LogP contribution in [-0.2, 0) is 6.11 Å². The number of hydrogen-bond acceptors (Lipinski definition) is 2.